The number of aryl methyl sites for hydroxylation is 2. The Morgan fingerprint density at radius 3 is 2.65 bits per heavy atom. The van der Waals surface area contributed by atoms with E-state index in [-0.39, 0.29) is 5.91 Å². The Bertz CT molecular complexity index is 561. The summed E-state index contributed by atoms with van der Waals surface area (Å²) >= 11 is 0. The Morgan fingerprint density at radius 2 is 2.05 bits per heavy atom. The molecule has 1 amide bonds. The zero-order chi connectivity index (χ0) is 14.4. The number of benzene rings is 1. The van der Waals surface area contributed by atoms with Gasteiger partial charge in [-0.25, -0.2) is 0 Å². The average Bonchev–Trinajstić information content (AvgIpc) is 2.84. The minimum Gasteiger partial charge on any atom is -0.494 e. The van der Waals surface area contributed by atoms with Crippen molar-refractivity contribution in [2.24, 2.45) is 7.05 Å². The molecule has 1 N–H and O–H groups in total. The predicted octanol–water partition coefficient (Wildman–Crippen LogP) is 2.39. The van der Waals surface area contributed by atoms with E-state index in [0.717, 1.165) is 11.3 Å². The molecule has 1 heterocycles. The van der Waals surface area contributed by atoms with Gasteiger partial charge in [0.25, 0.3) is 0 Å². The first kappa shape index (κ1) is 14.1. The number of carbonyl (C=O) groups excluding carboxylic acids is 1. The van der Waals surface area contributed by atoms with Gasteiger partial charge in [0, 0.05) is 19.5 Å². The van der Waals surface area contributed by atoms with Gasteiger partial charge in [0.15, 0.2) is 0 Å². The summed E-state index contributed by atoms with van der Waals surface area (Å²) in [6.45, 7) is 2.61. The summed E-state index contributed by atoms with van der Waals surface area (Å²) in [6.07, 6.45) is 2.80. The number of nitrogens with one attached hydrogen (secondary N) is 1. The molecular weight excluding hydrogens is 254 g/mol. The van der Waals surface area contributed by atoms with Gasteiger partial charge in [0.2, 0.25) is 5.91 Å². The predicted molar refractivity (Wildman–Crippen MR) is 77.8 cm³/mol. The van der Waals surface area contributed by atoms with E-state index in [2.05, 4.69) is 10.4 Å². The monoisotopic (exact) mass is 273 g/mol. The molecule has 0 spiro atoms. The Balaban J connectivity index is 1.82. The van der Waals surface area contributed by atoms with Gasteiger partial charge in [-0.3, -0.25) is 9.48 Å². The number of aromatic nitrogens is 2. The maximum atomic E-state index is 11.8. The lowest BCUT2D eigenvalue weighted by Gasteiger charge is -2.06. The van der Waals surface area contributed by atoms with Crippen molar-refractivity contribution < 1.29 is 9.53 Å². The van der Waals surface area contributed by atoms with E-state index in [4.69, 9.17) is 4.74 Å². The molecule has 0 unspecified atom stereocenters. The highest BCUT2D eigenvalue weighted by Gasteiger charge is 2.05. The van der Waals surface area contributed by atoms with Gasteiger partial charge < -0.3 is 10.1 Å². The Labute approximate surface area is 118 Å². The normalized spacial score (nSPS) is 10.3. The van der Waals surface area contributed by atoms with E-state index in [0.29, 0.717) is 25.3 Å². The van der Waals surface area contributed by atoms with Crippen molar-refractivity contribution in [3.63, 3.8) is 0 Å². The van der Waals surface area contributed by atoms with Gasteiger partial charge in [0.1, 0.15) is 11.6 Å². The molecule has 0 saturated carbocycles. The highest BCUT2D eigenvalue weighted by Crippen LogP contribution is 2.13. The summed E-state index contributed by atoms with van der Waals surface area (Å²) in [4.78, 5) is 11.8. The second-order valence-corrected chi connectivity index (χ2v) is 4.47. The van der Waals surface area contributed by atoms with Crippen molar-refractivity contribution in [1.29, 1.82) is 0 Å². The van der Waals surface area contributed by atoms with Gasteiger partial charge in [-0.1, -0.05) is 12.1 Å². The SMILES string of the molecule is CCOc1ccc(CCC(=O)Nc2ccnn2C)cc1. The fourth-order valence-electron chi connectivity index (χ4n) is 1.88. The zero-order valence-corrected chi connectivity index (χ0v) is 11.8. The van der Waals surface area contributed by atoms with Crippen LogP contribution in [0.15, 0.2) is 36.5 Å². The van der Waals surface area contributed by atoms with Crippen molar-refractivity contribution in [2.75, 3.05) is 11.9 Å². The third-order valence-electron chi connectivity index (χ3n) is 2.96. The number of rotatable bonds is 6. The first-order valence-electron chi connectivity index (χ1n) is 6.68. The molecule has 0 radical (unpaired) electrons. The lowest BCUT2D eigenvalue weighted by Crippen LogP contribution is -2.14. The number of anilines is 1. The summed E-state index contributed by atoms with van der Waals surface area (Å²) < 4.78 is 7.01. The summed E-state index contributed by atoms with van der Waals surface area (Å²) in [6, 6.07) is 9.61. The molecule has 20 heavy (non-hydrogen) atoms. The van der Waals surface area contributed by atoms with Crippen LogP contribution in [0.5, 0.6) is 5.75 Å². The van der Waals surface area contributed by atoms with Gasteiger partial charge in [-0.15, -0.1) is 0 Å². The molecule has 0 aliphatic heterocycles. The minimum absolute atomic E-state index is 0.0116. The maximum absolute atomic E-state index is 11.8. The number of carbonyl (C=O) groups is 1. The van der Waals surface area contributed by atoms with Crippen LogP contribution in [-0.2, 0) is 18.3 Å². The topological polar surface area (TPSA) is 56.1 Å². The Hall–Kier alpha value is -2.30. The summed E-state index contributed by atoms with van der Waals surface area (Å²) in [5, 5.41) is 6.83. The van der Waals surface area contributed by atoms with Crippen LogP contribution >= 0.6 is 0 Å². The van der Waals surface area contributed by atoms with Crippen LogP contribution in [0.1, 0.15) is 18.9 Å². The van der Waals surface area contributed by atoms with Gasteiger partial charge >= 0.3 is 0 Å². The molecular formula is C15H19N3O2. The highest BCUT2D eigenvalue weighted by molar-refractivity contribution is 5.89. The van der Waals surface area contributed by atoms with Crippen LogP contribution in [0.25, 0.3) is 0 Å². The molecule has 1 aromatic carbocycles. The molecule has 5 nitrogen and oxygen atoms in total. The quantitative estimate of drug-likeness (QED) is 0.879. The smallest absolute Gasteiger partial charge is 0.225 e. The standard InChI is InChI=1S/C15H19N3O2/c1-3-20-13-7-4-12(5-8-13)6-9-15(19)17-14-10-11-16-18(14)2/h4-5,7-8,10-11H,3,6,9H2,1-2H3,(H,17,19). The van der Waals surface area contributed by atoms with E-state index in [1.54, 1.807) is 24.0 Å². The molecule has 2 aromatic rings. The van der Waals surface area contributed by atoms with Crippen LogP contribution in [0.3, 0.4) is 0 Å². The molecule has 0 atom stereocenters. The molecule has 0 fully saturated rings. The Morgan fingerprint density at radius 1 is 1.30 bits per heavy atom. The number of amides is 1. The molecule has 5 heteroatoms. The molecule has 1 aromatic heterocycles. The van der Waals surface area contributed by atoms with E-state index in [1.165, 1.54) is 0 Å². The largest absolute Gasteiger partial charge is 0.494 e. The minimum atomic E-state index is -0.0116. The molecule has 0 saturated heterocycles. The van der Waals surface area contributed by atoms with Crippen molar-refractivity contribution in [3.05, 3.63) is 42.1 Å². The molecule has 106 valence electrons. The molecule has 2 rings (SSSR count). The van der Waals surface area contributed by atoms with Crippen LogP contribution < -0.4 is 10.1 Å². The van der Waals surface area contributed by atoms with E-state index >= 15 is 0 Å². The van der Waals surface area contributed by atoms with E-state index < -0.39 is 0 Å². The van der Waals surface area contributed by atoms with Gasteiger partial charge in [0.05, 0.1) is 12.8 Å². The third kappa shape index (κ3) is 3.85. The van der Waals surface area contributed by atoms with Crippen LogP contribution in [0.2, 0.25) is 0 Å². The van der Waals surface area contributed by atoms with E-state index in [9.17, 15) is 4.79 Å². The highest BCUT2D eigenvalue weighted by atomic mass is 16.5. The lowest BCUT2D eigenvalue weighted by molar-refractivity contribution is -0.116. The first-order chi connectivity index (χ1) is 9.69. The molecule has 0 aliphatic carbocycles. The van der Waals surface area contributed by atoms with Crippen molar-refractivity contribution in [1.82, 2.24) is 9.78 Å². The second kappa shape index (κ2) is 6.75. The molecule has 0 aliphatic rings. The fraction of sp³-hybridized carbons (Fsp3) is 0.333. The van der Waals surface area contributed by atoms with Crippen LogP contribution in [0, 0.1) is 0 Å². The zero-order valence-electron chi connectivity index (χ0n) is 11.8. The number of hydrogen-bond acceptors (Lipinski definition) is 3. The van der Waals surface area contributed by atoms with Crippen molar-refractivity contribution in [2.45, 2.75) is 19.8 Å². The summed E-state index contributed by atoms with van der Waals surface area (Å²) in [7, 11) is 1.79. The third-order valence-corrected chi connectivity index (χ3v) is 2.96. The molecule has 0 bridgehead atoms. The lowest BCUT2D eigenvalue weighted by atomic mass is 10.1. The van der Waals surface area contributed by atoms with Crippen LogP contribution in [0.4, 0.5) is 5.82 Å². The summed E-state index contributed by atoms with van der Waals surface area (Å²) in [5.74, 6) is 1.56. The van der Waals surface area contributed by atoms with Gasteiger partial charge in [-0.2, -0.15) is 5.10 Å². The first-order valence-corrected chi connectivity index (χ1v) is 6.68. The average molecular weight is 273 g/mol. The maximum Gasteiger partial charge on any atom is 0.225 e. The second-order valence-electron chi connectivity index (χ2n) is 4.47. The Kier molecular flexibility index (Phi) is 4.76. The summed E-state index contributed by atoms with van der Waals surface area (Å²) in [5.41, 5.74) is 1.12. The van der Waals surface area contributed by atoms with Crippen LogP contribution in [-0.4, -0.2) is 22.3 Å². The number of ether oxygens (including phenoxy) is 1. The van der Waals surface area contributed by atoms with E-state index in [1.807, 2.05) is 31.2 Å². The number of hydrogen-bond donors (Lipinski definition) is 1. The van der Waals surface area contributed by atoms with Gasteiger partial charge in [-0.05, 0) is 31.0 Å². The number of nitrogens with zero attached hydrogens (tertiary/aromatic N) is 2. The fourth-order valence-corrected chi connectivity index (χ4v) is 1.88. The van der Waals surface area contributed by atoms with Crippen molar-refractivity contribution in [3.8, 4) is 5.75 Å². The van der Waals surface area contributed by atoms with Crippen molar-refractivity contribution >= 4 is 11.7 Å².